The van der Waals surface area contributed by atoms with Crippen LogP contribution < -0.4 is 0 Å². The van der Waals surface area contributed by atoms with Crippen molar-refractivity contribution in [3.05, 3.63) is 34.4 Å². The lowest BCUT2D eigenvalue weighted by Crippen LogP contribution is -2.17. The van der Waals surface area contributed by atoms with Gasteiger partial charge in [-0.3, -0.25) is 0 Å². The molecule has 0 bridgehead atoms. The quantitative estimate of drug-likeness (QED) is 0.139. The average molecular weight is 529 g/mol. The molecule has 0 aromatic heterocycles. The molecule has 0 spiro atoms. The molecule has 0 saturated heterocycles. The largest absolute Gasteiger partial charge is 0.507 e. The summed E-state index contributed by atoms with van der Waals surface area (Å²) in [5.74, 6) is -0.509. The standard InChI is InChI=1S/C35H60O3/c1-8-9-10-11-12-13-14-15-16-17-18-19-20-21-22-23-24-29(33(37)38)25-28-26-30(34(2,3)4)32(36)31(27-28)35(5,6)7/h25-27,36H,8-24H2,1-7H3,(H,37,38). The number of benzene rings is 1. The lowest BCUT2D eigenvalue weighted by Gasteiger charge is -2.28. The Morgan fingerprint density at radius 2 is 1.00 bits per heavy atom. The predicted molar refractivity (Wildman–Crippen MR) is 165 cm³/mol. The molecule has 0 saturated carbocycles. The Hall–Kier alpha value is -1.77. The second-order valence-electron chi connectivity index (χ2n) is 13.5. The van der Waals surface area contributed by atoms with Gasteiger partial charge in [0.15, 0.2) is 0 Å². The Bertz CT molecular complexity index is 801. The second kappa shape index (κ2) is 17.7. The number of carbonyl (C=O) groups is 1. The van der Waals surface area contributed by atoms with Gasteiger partial charge in [-0.25, -0.2) is 4.79 Å². The highest BCUT2D eigenvalue weighted by molar-refractivity contribution is 5.92. The van der Waals surface area contributed by atoms with Gasteiger partial charge in [0, 0.05) is 16.7 Å². The van der Waals surface area contributed by atoms with Gasteiger partial charge in [-0.1, -0.05) is 145 Å². The molecule has 218 valence electrons. The third-order valence-electron chi connectivity index (χ3n) is 7.66. The van der Waals surface area contributed by atoms with Gasteiger partial charge in [-0.2, -0.15) is 0 Å². The van der Waals surface area contributed by atoms with E-state index in [1.165, 1.54) is 89.9 Å². The van der Waals surface area contributed by atoms with E-state index in [4.69, 9.17) is 0 Å². The lowest BCUT2D eigenvalue weighted by molar-refractivity contribution is -0.132. The summed E-state index contributed by atoms with van der Waals surface area (Å²) in [6, 6.07) is 3.92. The predicted octanol–water partition coefficient (Wildman–Crippen LogP) is 11.1. The third kappa shape index (κ3) is 13.9. The van der Waals surface area contributed by atoms with Crippen molar-refractivity contribution >= 4 is 12.0 Å². The molecule has 0 heterocycles. The summed E-state index contributed by atoms with van der Waals surface area (Å²) in [5, 5.41) is 20.8. The molecule has 0 aliphatic carbocycles. The molecule has 3 heteroatoms. The molecule has 1 rings (SSSR count). The number of aromatic hydroxyl groups is 1. The minimum Gasteiger partial charge on any atom is -0.507 e. The summed E-state index contributed by atoms with van der Waals surface area (Å²) in [7, 11) is 0. The fourth-order valence-electron chi connectivity index (χ4n) is 5.19. The minimum absolute atomic E-state index is 0.231. The molecule has 0 amide bonds. The van der Waals surface area contributed by atoms with Crippen LogP contribution in [0.25, 0.3) is 6.08 Å². The van der Waals surface area contributed by atoms with Crippen molar-refractivity contribution in [3.63, 3.8) is 0 Å². The number of aliphatic carboxylic acids is 1. The molecule has 0 atom stereocenters. The van der Waals surface area contributed by atoms with Crippen LogP contribution in [0.2, 0.25) is 0 Å². The van der Waals surface area contributed by atoms with Crippen molar-refractivity contribution in [2.75, 3.05) is 0 Å². The Kier molecular flexibility index (Phi) is 16.0. The first-order valence-corrected chi connectivity index (χ1v) is 15.7. The number of phenols is 1. The number of phenolic OH excluding ortho intramolecular Hbond substituents is 1. The zero-order valence-corrected chi connectivity index (χ0v) is 26.1. The van der Waals surface area contributed by atoms with E-state index in [0.29, 0.717) is 17.7 Å². The third-order valence-corrected chi connectivity index (χ3v) is 7.66. The van der Waals surface area contributed by atoms with E-state index in [1.54, 1.807) is 0 Å². The summed E-state index contributed by atoms with van der Waals surface area (Å²) in [5.41, 5.74) is 2.59. The fourth-order valence-corrected chi connectivity index (χ4v) is 5.19. The van der Waals surface area contributed by atoms with Gasteiger partial charge >= 0.3 is 5.97 Å². The van der Waals surface area contributed by atoms with Crippen molar-refractivity contribution in [1.29, 1.82) is 0 Å². The van der Waals surface area contributed by atoms with Crippen LogP contribution in [0.1, 0.15) is 174 Å². The number of carboxylic acids is 1. The van der Waals surface area contributed by atoms with E-state index < -0.39 is 5.97 Å². The van der Waals surface area contributed by atoms with E-state index in [0.717, 1.165) is 29.5 Å². The van der Waals surface area contributed by atoms with Crippen molar-refractivity contribution < 1.29 is 15.0 Å². The molecule has 38 heavy (non-hydrogen) atoms. The summed E-state index contributed by atoms with van der Waals surface area (Å²) < 4.78 is 0. The van der Waals surface area contributed by atoms with Crippen molar-refractivity contribution in [2.24, 2.45) is 0 Å². The van der Waals surface area contributed by atoms with Gasteiger partial charge in [-0.05, 0) is 47.4 Å². The van der Waals surface area contributed by atoms with Crippen LogP contribution in [0.15, 0.2) is 17.7 Å². The maximum Gasteiger partial charge on any atom is 0.331 e. The van der Waals surface area contributed by atoms with Gasteiger partial charge in [0.2, 0.25) is 0 Å². The molecule has 0 radical (unpaired) electrons. The highest BCUT2D eigenvalue weighted by Gasteiger charge is 2.26. The Labute approximate surface area is 235 Å². The van der Waals surface area contributed by atoms with Crippen LogP contribution in [0.4, 0.5) is 0 Å². The highest BCUT2D eigenvalue weighted by Crippen LogP contribution is 2.40. The molecule has 3 nitrogen and oxygen atoms in total. The summed E-state index contributed by atoms with van der Waals surface area (Å²) in [4.78, 5) is 12.0. The molecule has 2 N–H and O–H groups in total. The first-order valence-electron chi connectivity index (χ1n) is 15.7. The van der Waals surface area contributed by atoms with Crippen molar-refractivity contribution in [3.8, 4) is 5.75 Å². The molecular weight excluding hydrogens is 468 g/mol. The normalized spacial score (nSPS) is 12.8. The molecule has 1 aromatic carbocycles. The fraction of sp³-hybridized carbons (Fsp3) is 0.743. The van der Waals surface area contributed by atoms with Gasteiger partial charge in [-0.15, -0.1) is 0 Å². The second-order valence-corrected chi connectivity index (χ2v) is 13.5. The van der Waals surface area contributed by atoms with E-state index >= 15 is 0 Å². The average Bonchev–Trinajstić information content (AvgIpc) is 2.82. The lowest BCUT2D eigenvalue weighted by atomic mass is 9.78. The summed E-state index contributed by atoms with van der Waals surface area (Å²) in [6.45, 7) is 14.8. The summed E-state index contributed by atoms with van der Waals surface area (Å²) >= 11 is 0. The maximum atomic E-state index is 12.0. The molecule has 0 aliphatic heterocycles. The Balaban J connectivity index is 2.43. The number of rotatable bonds is 19. The van der Waals surface area contributed by atoms with Gasteiger partial charge < -0.3 is 10.2 Å². The number of hydrogen-bond acceptors (Lipinski definition) is 2. The van der Waals surface area contributed by atoms with Crippen LogP contribution in [-0.2, 0) is 15.6 Å². The van der Waals surface area contributed by atoms with Crippen molar-refractivity contribution in [1.82, 2.24) is 0 Å². The zero-order valence-electron chi connectivity index (χ0n) is 26.1. The van der Waals surface area contributed by atoms with Gasteiger partial charge in [0.25, 0.3) is 0 Å². The molecular formula is C35H60O3. The van der Waals surface area contributed by atoms with E-state index in [-0.39, 0.29) is 10.8 Å². The van der Waals surface area contributed by atoms with Crippen LogP contribution in [0.5, 0.6) is 5.75 Å². The first-order chi connectivity index (χ1) is 17.9. The topological polar surface area (TPSA) is 57.5 Å². The number of carboxylic acid groups (broad SMARTS) is 1. The maximum absolute atomic E-state index is 12.0. The molecule has 0 fully saturated rings. The van der Waals surface area contributed by atoms with Crippen molar-refractivity contribution in [2.45, 2.75) is 168 Å². The van der Waals surface area contributed by atoms with E-state index in [2.05, 4.69) is 48.5 Å². The van der Waals surface area contributed by atoms with Crippen LogP contribution in [0.3, 0.4) is 0 Å². The Morgan fingerprint density at radius 1 is 0.658 bits per heavy atom. The van der Waals surface area contributed by atoms with Gasteiger partial charge in [0.05, 0.1) is 0 Å². The minimum atomic E-state index is -0.839. The number of hydrogen-bond donors (Lipinski definition) is 2. The molecule has 1 aromatic rings. The zero-order chi connectivity index (χ0) is 28.6. The number of unbranched alkanes of at least 4 members (excludes halogenated alkanes) is 15. The van der Waals surface area contributed by atoms with Crippen LogP contribution in [-0.4, -0.2) is 16.2 Å². The smallest absolute Gasteiger partial charge is 0.331 e. The first kappa shape index (κ1) is 34.3. The highest BCUT2D eigenvalue weighted by atomic mass is 16.4. The monoisotopic (exact) mass is 528 g/mol. The van der Waals surface area contributed by atoms with Gasteiger partial charge in [0.1, 0.15) is 5.75 Å². The molecule has 0 unspecified atom stereocenters. The SMILES string of the molecule is CCCCCCCCCCCCCCCCCCC(=Cc1cc(C(C)(C)C)c(O)c(C(C)(C)C)c1)C(=O)O. The van der Waals surface area contributed by atoms with Crippen LogP contribution >= 0.6 is 0 Å². The van der Waals surface area contributed by atoms with E-state index in [9.17, 15) is 15.0 Å². The van der Waals surface area contributed by atoms with Crippen LogP contribution in [0, 0.1) is 0 Å². The molecule has 0 aliphatic rings. The Morgan fingerprint density at radius 3 is 1.32 bits per heavy atom. The summed E-state index contributed by atoms with van der Waals surface area (Å²) in [6.07, 6.45) is 23.4. The van der Waals surface area contributed by atoms with E-state index in [1.807, 2.05) is 18.2 Å².